The van der Waals surface area contributed by atoms with Crippen LogP contribution in [0.3, 0.4) is 0 Å². The molecule has 6 heteroatoms. The fraction of sp³-hybridized carbons (Fsp3) is 0.250. The number of pyridine rings is 1. The molecular weight excluding hydrogens is 472 g/mol. The Bertz CT molecular complexity index is 1680. The first-order chi connectivity index (χ1) is 18.4. The van der Waals surface area contributed by atoms with Gasteiger partial charge in [-0.1, -0.05) is 30.3 Å². The number of nitrogens with two attached hydrogens (primary N) is 1. The van der Waals surface area contributed by atoms with E-state index in [9.17, 15) is 9.90 Å². The molecule has 0 radical (unpaired) electrons. The van der Waals surface area contributed by atoms with Crippen LogP contribution in [0.2, 0.25) is 0 Å². The number of aliphatic hydroxyl groups excluding tert-OH is 1. The van der Waals surface area contributed by atoms with Gasteiger partial charge in [-0.2, -0.15) is 0 Å². The van der Waals surface area contributed by atoms with Crippen molar-refractivity contribution in [1.82, 2.24) is 9.55 Å². The molecule has 1 aliphatic carbocycles. The summed E-state index contributed by atoms with van der Waals surface area (Å²) in [4.78, 5) is 17.0. The Balaban J connectivity index is 1.47. The van der Waals surface area contributed by atoms with E-state index in [0.29, 0.717) is 5.56 Å². The number of benzene rings is 3. The van der Waals surface area contributed by atoms with Crippen LogP contribution in [0.5, 0.6) is 0 Å². The Morgan fingerprint density at radius 1 is 1.00 bits per heavy atom. The van der Waals surface area contributed by atoms with Gasteiger partial charge in [0.25, 0.3) is 5.91 Å². The lowest BCUT2D eigenvalue weighted by molar-refractivity contribution is 0.100. The summed E-state index contributed by atoms with van der Waals surface area (Å²) < 4.78 is 2.25. The summed E-state index contributed by atoms with van der Waals surface area (Å²) in [5.74, 6) is -0.453. The monoisotopic (exact) mass is 504 g/mol. The number of aromatic nitrogens is 2. The van der Waals surface area contributed by atoms with Crippen molar-refractivity contribution in [2.75, 3.05) is 5.32 Å². The average molecular weight is 505 g/mol. The number of nitrogens with one attached hydrogen (secondary N) is 1. The number of primary amides is 1. The number of amides is 1. The maximum absolute atomic E-state index is 12.3. The summed E-state index contributed by atoms with van der Waals surface area (Å²) >= 11 is 0. The van der Waals surface area contributed by atoms with Crippen LogP contribution in [0, 0.1) is 13.8 Å². The molecule has 0 unspecified atom stereocenters. The van der Waals surface area contributed by atoms with Crippen LogP contribution < -0.4 is 11.1 Å². The van der Waals surface area contributed by atoms with Crippen molar-refractivity contribution in [2.24, 2.45) is 5.73 Å². The van der Waals surface area contributed by atoms with E-state index >= 15 is 0 Å². The molecule has 1 saturated carbocycles. The first kappa shape index (κ1) is 24.2. The smallest absolute Gasteiger partial charge is 0.250 e. The minimum atomic E-state index is -0.453. The standard InChI is InChI=1S/C32H32N4O2/c1-19-20(2)36(24-12-15-27(32(33)38)29(17-24)35-23-10-13-25(37)14-11-23)30-9-5-7-26(31(19)30)22-16-21-6-3-4-8-28(21)34-18-22/h3-9,12,15-18,23,25,35,37H,10-11,13-14H2,1-2H3,(H2,33,38). The second-order valence-electron chi connectivity index (χ2n) is 10.4. The van der Waals surface area contributed by atoms with Gasteiger partial charge in [0.05, 0.1) is 22.7 Å². The largest absolute Gasteiger partial charge is 0.393 e. The van der Waals surface area contributed by atoms with E-state index in [1.165, 1.54) is 10.9 Å². The van der Waals surface area contributed by atoms with Gasteiger partial charge in [0.15, 0.2) is 0 Å². The topological polar surface area (TPSA) is 93.2 Å². The van der Waals surface area contributed by atoms with Crippen molar-refractivity contribution in [3.8, 4) is 16.8 Å². The summed E-state index contributed by atoms with van der Waals surface area (Å²) in [6.07, 6.45) is 4.95. The van der Waals surface area contributed by atoms with Gasteiger partial charge in [-0.25, -0.2) is 0 Å². The fourth-order valence-corrected chi connectivity index (χ4v) is 5.89. The first-order valence-electron chi connectivity index (χ1n) is 13.3. The number of nitrogens with zero attached hydrogens (tertiary/aromatic N) is 2. The third-order valence-electron chi connectivity index (χ3n) is 8.02. The molecule has 0 atom stereocenters. The van der Waals surface area contributed by atoms with Crippen molar-refractivity contribution in [3.63, 3.8) is 0 Å². The minimum Gasteiger partial charge on any atom is -0.393 e. The van der Waals surface area contributed by atoms with Crippen molar-refractivity contribution < 1.29 is 9.90 Å². The highest BCUT2D eigenvalue weighted by atomic mass is 16.3. The van der Waals surface area contributed by atoms with Crippen molar-refractivity contribution in [1.29, 1.82) is 0 Å². The lowest BCUT2D eigenvalue weighted by Crippen LogP contribution is -2.29. The number of aliphatic hydroxyl groups is 1. The number of hydrogen-bond donors (Lipinski definition) is 3. The molecule has 1 fully saturated rings. The van der Waals surface area contributed by atoms with Gasteiger partial charge in [0.2, 0.25) is 0 Å². The van der Waals surface area contributed by atoms with Crippen molar-refractivity contribution >= 4 is 33.4 Å². The molecule has 0 aliphatic heterocycles. The molecule has 0 saturated heterocycles. The first-order valence-corrected chi connectivity index (χ1v) is 13.3. The lowest BCUT2D eigenvalue weighted by Gasteiger charge is -2.28. The normalized spacial score (nSPS) is 17.7. The van der Waals surface area contributed by atoms with E-state index < -0.39 is 5.91 Å². The SMILES string of the molecule is Cc1c(C)n(-c2ccc(C(N)=O)c(NC3CCC(O)CC3)c2)c2cccc(-c3cnc4ccccc4c3)c12. The van der Waals surface area contributed by atoms with Gasteiger partial charge >= 0.3 is 0 Å². The van der Waals surface area contributed by atoms with Crippen LogP contribution in [-0.4, -0.2) is 32.7 Å². The summed E-state index contributed by atoms with van der Waals surface area (Å²) in [6.45, 7) is 4.30. The highest BCUT2D eigenvalue weighted by molar-refractivity contribution is 6.02. The fourth-order valence-electron chi connectivity index (χ4n) is 5.89. The molecule has 192 valence electrons. The summed E-state index contributed by atoms with van der Waals surface area (Å²) in [6, 6.07) is 22.8. The molecule has 3 aromatic carbocycles. The lowest BCUT2D eigenvalue weighted by atomic mass is 9.92. The molecular formula is C32H32N4O2. The maximum Gasteiger partial charge on any atom is 0.250 e. The Kier molecular flexibility index (Phi) is 6.12. The van der Waals surface area contributed by atoms with E-state index in [-0.39, 0.29) is 12.1 Å². The zero-order valence-corrected chi connectivity index (χ0v) is 21.7. The number of carbonyl (C=O) groups is 1. The molecule has 0 spiro atoms. The number of aryl methyl sites for hydroxylation is 1. The highest BCUT2D eigenvalue weighted by Gasteiger charge is 2.22. The van der Waals surface area contributed by atoms with Gasteiger partial charge in [-0.15, -0.1) is 0 Å². The van der Waals surface area contributed by atoms with Gasteiger partial charge in [0, 0.05) is 45.6 Å². The average Bonchev–Trinajstić information content (AvgIpc) is 3.19. The van der Waals surface area contributed by atoms with E-state index in [1.54, 1.807) is 0 Å². The number of fused-ring (bicyclic) bond motifs is 2. The third kappa shape index (κ3) is 4.21. The molecule has 6 nitrogen and oxygen atoms in total. The molecule has 1 aliphatic rings. The molecule has 2 aromatic heterocycles. The second kappa shape index (κ2) is 9.62. The van der Waals surface area contributed by atoms with Crippen LogP contribution >= 0.6 is 0 Å². The van der Waals surface area contributed by atoms with E-state index in [4.69, 9.17) is 10.7 Å². The van der Waals surface area contributed by atoms with E-state index in [0.717, 1.165) is 70.3 Å². The Morgan fingerprint density at radius 3 is 2.58 bits per heavy atom. The van der Waals surface area contributed by atoms with Gasteiger partial charge in [-0.05, 0) is 87.1 Å². The van der Waals surface area contributed by atoms with E-state index in [2.05, 4.69) is 54.1 Å². The van der Waals surface area contributed by atoms with Gasteiger partial charge < -0.3 is 20.7 Å². The van der Waals surface area contributed by atoms with Gasteiger partial charge in [0.1, 0.15) is 0 Å². The van der Waals surface area contributed by atoms with Crippen molar-refractivity contribution in [3.05, 3.63) is 89.7 Å². The van der Waals surface area contributed by atoms with Gasteiger partial charge in [-0.3, -0.25) is 9.78 Å². The number of carbonyl (C=O) groups excluding carboxylic acids is 1. The number of para-hydroxylation sites is 1. The number of rotatable bonds is 5. The zero-order valence-electron chi connectivity index (χ0n) is 21.7. The maximum atomic E-state index is 12.3. The predicted octanol–water partition coefficient (Wildman–Crippen LogP) is 6.28. The molecule has 5 aromatic rings. The van der Waals surface area contributed by atoms with Crippen LogP contribution in [0.4, 0.5) is 5.69 Å². The molecule has 1 amide bonds. The molecule has 6 rings (SSSR count). The summed E-state index contributed by atoms with van der Waals surface area (Å²) in [7, 11) is 0. The number of anilines is 1. The molecule has 0 bridgehead atoms. The number of hydrogen-bond acceptors (Lipinski definition) is 4. The molecule has 4 N–H and O–H groups in total. The quantitative estimate of drug-likeness (QED) is 0.263. The summed E-state index contributed by atoms with van der Waals surface area (Å²) in [5, 5.41) is 15.8. The third-order valence-corrected chi connectivity index (χ3v) is 8.02. The predicted molar refractivity (Wildman–Crippen MR) is 154 cm³/mol. The van der Waals surface area contributed by atoms with Crippen LogP contribution in [-0.2, 0) is 0 Å². The Hall–Kier alpha value is -4.16. The zero-order chi connectivity index (χ0) is 26.4. The minimum absolute atomic E-state index is 0.197. The Morgan fingerprint density at radius 2 is 1.79 bits per heavy atom. The molecule has 2 heterocycles. The van der Waals surface area contributed by atoms with Crippen LogP contribution in [0.1, 0.15) is 47.3 Å². The van der Waals surface area contributed by atoms with Crippen molar-refractivity contribution in [2.45, 2.75) is 51.7 Å². The Labute approximate surface area is 222 Å². The van der Waals surface area contributed by atoms with E-state index in [1.807, 2.05) is 42.6 Å². The second-order valence-corrected chi connectivity index (χ2v) is 10.4. The summed E-state index contributed by atoms with van der Waals surface area (Å²) in [5.41, 5.74) is 14.6. The van der Waals surface area contributed by atoms with Crippen LogP contribution in [0.15, 0.2) is 72.9 Å². The molecule has 38 heavy (non-hydrogen) atoms. The van der Waals surface area contributed by atoms with Crippen LogP contribution in [0.25, 0.3) is 38.6 Å². The highest BCUT2D eigenvalue weighted by Crippen LogP contribution is 2.37.